The maximum absolute atomic E-state index is 12.6. The van der Waals surface area contributed by atoms with E-state index in [1.807, 2.05) is 11.5 Å². The minimum Gasteiger partial charge on any atom is -0.319 e. The van der Waals surface area contributed by atoms with Crippen LogP contribution in [0.4, 0.5) is 11.4 Å². The fraction of sp³-hybridized carbons (Fsp3) is 0.263. The van der Waals surface area contributed by atoms with Crippen LogP contribution in [0, 0.1) is 10.1 Å². The predicted molar refractivity (Wildman–Crippen MR) is 119 cm³/mol. The molecule has 0 saturated heterocycles. The third kappa shape index (κ3) is 5.03. The van der Waals surface area contributed by atoms with Crippen LogP contribution in [0.15, 0.2) is 52.5 Å². The Kier molecular flexibility index (Phi) is 6.62. The Morgan fingerprint density at radius 2 is 1.94 bits per heavy atom. The van der Waals surface area contributed by atoms with Crippen molar-refractivity contribution in [2.24, 2.45) is 5.14 Å². The molecule has 0 saturated carbocycles. The molecule has 0 atom stereocenters. The van der Waals surface area contributed by atoms with Crippen molar-refractivity contribution in [3.8, 4) is 0 Å². The number of fused-ring (bicyclic) bond motifs is 1. The summed E-state index contributed by atoms with van der Waals surface area (Å²) in [5, 5.41) is 16.6. The van der Waals surface area contributed by atoms with E-state index in [1.54, 1.807) is 13.1 Å². The zero-order chi connectivity index (χ0) is 22.8. The number of primary sulfonamides is 1. The van der Waals surface area contributed by atoms with E-state index in [0.29, 0.717) is 22.9 Å². The molecule has 1 aromatic heterocycles. The van der Waals surface area contributed by atoms with Crippen molar-refractivity contribution in [1.82, 2.24) is 9.55 Å². The van der Waals surface area contributed by atoms with Crippen molar-refractivity contribution in [3.63, 3.8) is 0 Å². The number of anilines is 1. The van der Waals surface area contributed by atoms with Crippen molar-refractivity contribution >= 4 is 50.1 Å². The number of imidazole rings is 1. The molecule has 10 nitrogen and oxygen atoms in total. The highest BCUT2D eigenvalue weighted by atomic mass is 32.2. The molecule has 164 valence electrons. The molecule has 0 unspecified atom stereocenters. The summed E-state index contributed by atoms with van der Waals surface area (Å²) in [7, 11) is -2.25. The molecule has 2 N–H and O–H groups in total. The lowest BCUT2D eigenvalue weighted by atomic mass is 10.2. The maximum atomic E-state index is 12.6. The lowest BCUT2D eigenvalue weighted by Crippen LogP contribution is -2.28. The second kappa shape index (κ2) is 9.04. The largest absolute Gasteiger partial charge is 0.319 e. The Morgan fingerprint density at radius 1 is 1.26 bits per heavy atom. The third-order valence-electron chi connectivity index (χ3n) is 4.61. The van der Waals surface area contributed by atoms with Crippen LogP contribution in [0.5, 0.6) is 0 Å². The highest BCUT2D eigenvalue weighted by Crippen LogP contribution is 2.27. The average molecular weight is 464 g/mol. The van der Waals surface area contributed by atoms with Crippen LogP contribution >= 0.6 is 11.8 Å². The van der Waals surface area contributed by atoms with E-state index in [0.717, 1.165) is 11.9 Å². The summed E-state index contributed by atoms with van der Waals surface area (Å²) in [6.45, 7) is 2.66. The molecule has 0 radical (unpaired) electrons. The van der Waals surface area contributed by atoms with E-state index in [2.05, 4.69) is 4.98 Å². The number of hydrogen-bond donors (Lipinski definition) is 1. The number of carbonyl (C=O) groups excluding carboxylic acids is 1. The van der Waals surface area contributed by atoms with Crippen molar-refractivity contribution in [3.05, 3.63) is 52.6 Å². The van der Waals surface area contributed by atoms with E-state index in [4.69, 9.17) is 5.14 Å². The molecule has 1 heterocycles. The molecule has 0 aliphatic carbocycles. The Hall–Kier alpha value is -2.96. The Bertz CT molecular complexity index is 1240. The van der Waals surface area contributed by atoms with Crippen LogP contribution in [0.25, 0.3) is 11.0 Å². The van der Waals surface area contributed by atoms with Crippen molar-refractivity contribution in [2.75, 3.05) is 17.7 Å². The first kappa shape index (κ1) is 22.7. The molecular formula is C19H21N5O5S2. The Morgan fingerprint density at radius 3 is 2.52 bits per heavy atom. The fourth-order valence-corrected chi connectivity index (χ4v) is 4.47. The van der Waals surface area contributed by atoms with Gasteiger partial charge in [0.2, 0.25) is 15.9 Å². The van der Waals surface area contributed by atoms with E-state index in [-0.39, 0.29) is 22.2 Å². The number of benzene rings is 2. The monoisotopic (exact) mass is 463 g/mol. The quantitative estimate of drug-likeness (QED) is 0.307. The number of hydrogen-bond acceptors (Lipinski definition) is 7. The Balaban J connectivity index is 1.80. The maximum Gasteiger partial charge on any atom is 0.269 e. The van der Waals surface area contributed by atoms with Crippen LogP contribution in [0.1, 0.15) is 13.3 Å². The third-order valence-corrected chi connectivity index (χ3v) is 6.48. The van der Waals surface area contributed by atoms with Gasteiger partial charge in [0.15, 0.2) is 5.16 Å². The first-order chi connectivity index (χ1) is 14.6. The van der Waals surface area contributed by atoms with Gasteiger partial charge in [0, 0.05) is 31.4 Å². The number of nitrogens with two attached hydrogens (primary N) is 1. The summed E-state index contributed by atoms with van der Waals surface area (Å²) in [5.74, 6) is -0.123. The Labute approximate surface area is 183 Å². The highest BCUT2D eigenvalue weighted by molar-refractivity contribution is 7.99. The van der Waals surface area contributed by atoms with Crippen molar-refractivity contribution in [2.45, 2.75) is 29.9 Å². The second-order valence-corrected chi connectivity index (χ2v) is 9.26. The molecule has 3 aromatic rings. The fourth-order valence-electron chi connectivity index (χ4n) is 2.98. The minimum absolute atomic E-state index is 0.0216. The summed E-state index contributed by atoms with van der Waals surface area (Å²) in [6, 6.07) is 10.2. The summed E-state index contributed by atoms with van der Waals surface area (Å²) in [6.07, 6.45) is 0.826. The summed E-state index contributed by atoms with van der Waals surface area (Å²) >= 11 is 1.24. The standard InChI is InChI=1S/C19H21N5O5S2/c1-3-10-23-17-9-8-15(31(20,28)29)11-16(17)21-19(23)30-12-18(25)22(2)13-4-6-14(7-5-13)24(26)27/h4-9,11H,3,10,12H2,1-2H3,(H2,20,28,29). The second-order valence-electron chi connectivity index (χ2n) is 6.76. The molecule has 0 aliphatic rings. The molecule has 0 aliphatic heterocycles. The normalized spacial score (nSPS) is 11.6. The van der Waals surface area contributed by atoms with Crippen molar-refractivity contribution in [1.29, 1.82) is 0 Å². The van der Waals surface area contributed by atoms with Crippen LogP contribution in [0.3, 0.4) is 0 Å². The van der Waals surface area contributed by atoms with E-state index >= 15 is 0 Å². The van der Waals surface area contributed by atoms with Gasteiger partial charge < -0.3 is 9.47 Å². The molecule has 3 rings (SSSR count). The number of nitro benzene ring substituents is 1. The summed E-state index contributed by atoms with van der Waals surface area (Å²) in [4.78, 5) is 28.8. The number of amides is 1. The van der Waals surface area contributed by atoms with E-state index in [1.165, 1.54) is 53.1 Å². The zero-order valence-corrected chi connectivity index (χ0v) is 18.5. The molecule has 0 spiro atoms. The number of non-ortho nitro benzene ring substituents is 1. The van der Waals surface area contributed by atoms with Crippen LogP contribution in [-0.4, -0.2) is 41.6 Å². The van der Waals surface area contributed by atoms with Gasteiger partial charge in [0.25, 0.3) is 5.69 Å². The first-order valence-electron chi connectivity index (χ1n) is 9.28. The average Bonchev–Trinajstić information content (AvgIpc) is 3.08. The lowest BCUT2D eigenvalue weighted by molar-refractivity contribution is -0.384. The predicted octanol–water partition coefficient (Wildman–Crippen LogP) is 2.76. The van der Waals surface area contributed by atoms with Crippen LogP contribution in [0.2, 0.25) is 0 Å². The van der Waals surface area contributed by atoms with Gasteiger partial charge in [-0.3, -0.25) is 14.9 Å². The molecule has 2 aromatic carbocycles. The molecule has 31 heavy (non-hydrogen) atoms. The number of carbonyl (C=O) groups is 1. The van der Waals surface area contributed by atoms with Crippen molar-refractivity contribution < 1.29 is 18.1 Å². The smallest absolute Gasteiger partial charge is 0.269 e. The van der Waals surface area contributed by atoms with Gasteiger partial charge >= 0.3 is 0 Å². The number of rotatable bonds is 8. The number of nitrogens with zero attached hydrogens (tertiary/aromatic N) is 4. The molecule has 0 bridgehead atoms. The highest BCUT2D eigenvalue weighted by Gasteiger charge is 2.18. The van der Waals surface area contributed by atoms with Gasteiger partial charge in [-0.05, 0) is 36.8 Å². The first-order valence-corrected chi connectivity index (χ1v) is 11.8. The zero-order valence-electron chi connectivity index (χ0n) is 16.9. The topological polar surface area (TPSA) is 141 Å². The number of sulfonamides is 1. The molecular weight excluding hydrogens is 442 g/mol. The molecule has 12 heteroatoms. The number of thioether (sulfide) groups is 1. The van der Waals surface area contributed by atoms with Gasteiger partial charge in [0.1, 0.15) is 0 Å². The number of aryl methyl sites for hydroxylation is 1. The van der Waals surface area contributed by atoms with Gasteiger partial charge in [-0.2, -0.15) is 0 Å². The number of nitro groups is 1. The minimum atomic E-state index is -3.85. The van der Waals surface area contributed by atoms with Gasteiger partial charge in [-0.15, -0.1) is 0 Å². The number of aromatic nitrogens is 2. The van der Waals surface area contributed by atoms with E-state index in [9.17, 15) is 23.3 Å². The SMILES string of the molecule is CCCn1c(SCC(=O)N(C)c2ccc([N+](=O)[O-])cc2)nc2cc(S(N)(=O)=O)ccc21. The van der Waals surface area contributed by atoms with Gasteiger partial charge in [-0.25, -0.2) is 18.5 Å². The summed E-state index contributed by atoms with van der Waals surface area (Å²) in [5.41, 5.74) is 1.73. The van der Waals surface area contributed by atoms with Crippen LogP contribution in [-0.2, 0) is 21.4 Å². The molecule has 0 fully saturated rings. The van der Waals surface area contributed by atoms with E-state index < -0.39 is 14.9 Å². The van der Waals surface area contributed by atoms with Crippen LogP contribution < -0.4 is 10.0 Å². The van der Waals surface area contributed by atoms with Gasteiger partial charge in [-0.1, -0.05) is 18.7 Å². The lowest BCUT2D eigenvalue weighted by Gasteiger charge is -2.17. The van der Waals surface area contributed by atoms with Gasteiger partial charge in [0.05, 0.1) is 26.6 Å². The molecule has 1 amide bonds. The summed E-state index contributed by atoms with van der Waals surface area (Å²) < 4.78 is 25.2.